The third-order valence-electron chi connectivity index (χ3n) is 4.52. The number of nitrogens with one attached hydrogen (secondary N) is 1. The standard InChI is InChI=1S/C14H29N3/c1-3-4-5-14-12-17(11-10-16(14)2)13-6-8-15-9-7-13/h13-15H,3-12H2,1-2H3. The molecule has 100 valence electrons. The minimum Gasteiger partial charge on any atom is -0.317 e. The summed E-state index contributed by atoms with van der Waals surface area (Å²) in [6.45, 7) is 8.59. The van der Waals surface area contributed by atoms with Crippen molar-refractivity contribution in [3.63, 3.8) is 0 Å². The first-order valence-corrected chi connectivity index (χ1v) is 7.46. The Hall–Kier alpha value is -0.120. The van der Waals surface area contributed by atoms with Gasteiger partial charge in [-0.3, -0.25) is 4.90 Å². The van der Waals surface area contributed by atoms with E-state index in [1.165, 1.54) is 64.8 Å². The summed E-state index contributed by atoms with van der Waals surface area (Å²) in [7, 11) is 2.31. The minimum absolute atomic E-state index is 0.804. The molecule has 3 heteroatoms. The van der Waals surface area contributed by atoms with E-state index in [2.05, 4.69) is 29.1 Å². The van der Waals surface area contributed by atoms with E-state index in [0.717, 1.165) is 12.1 Å². The molecule has 2 aliphatic heterocycles. The predicted molar refractivity (Wildman–Crippen MR) is 73.4 cm³/mol. The van der Waals surface area contributed by atoms with Crippen LogP contribution in [0.15, 0.2) is 0 Å². The normalized spacial score (nSPS) is 29.6. The number of piperazine rings is 1. The Labute approximate surface area is 107 Å². The maximum atomic E-state index is 3.47. The van der Waals surface area contributed by atoms with Crippen molar-refractivity contribution in [2.75, 3.05) is 39.8 Å². The van der Waals surface area contributed by atoms with Crippen LogP contribution in [-0.4, -0.2) is 61.7 Å². The average Bonchev–Trinajstić information content (AvgIpc) is 2.39. The second-order valence-corrected chi connectivity index (χ2v) is 5.75. The first kappa shape index (κ1) is 13.3. The maximum absolute atomic E-state index is 3.47. The Balaban J connectivity index is 1.83. The van der Waals surface area contributed by atoms with Crippen molar-refractivity contribution in [2.24, 2.45) is 0 Å². The van der Waals surface area contributed by atoms with Gasteiger partial charge in [0.2, 0.25) is 0 Å². The number of nitrogens with zero attached hydrogens (tertiary/aromatic N) is 2. The summed E-state index contributed by atoms with van der Waals surface area (Å²) in [5.74, 6) is 0. The summed E-state index contributed by atoms with van der Waals surface area (Å²) in [5, 5.41) is 3.47. The fourth-order valence-corrected chi connectivity index (χ4v) is 3.23. The van der Waals surface area contributed by atoms with Gasteiger partial charge in [0.25, 0.3) is 0 Å². The van der Waals surface area contributed by atoms with Crippen molar-refractivity contribution < 1.29 is 0 Å². The van der Waals surface area contributed by atoms with Gasteiger partial charge < -0.3 is 10.2 Å². The molecular weight excluding hydrogens is 210 g/mol. The van der Waals surface area contributed by atoms with E-state index in [1.807, 2.05) is 0 Å². The molecule has 0 aromatic rings. The lowest BCUT2D eigenvalue weighted by Crippen LogP contribution is -2.56. The third-order valence-corrected chi connectivity index (χ3v) is 4.52. The topological polar surface area (TPSA) is 18.5 Å². The quantitative estimate of drug-likeness (QED) is 0.803. The second-order valence-electron chi connectivity index (χ2n) is 5.75. The molecule has 1 N–H and O–H groups in total. The Kier molecular flexibility index (Phi) is 5.26. The van der Waals surface area contributed by atoms with Crippen molar-refractivity contribution in [1.82, 2.24) is 15.1 Å². The number of unbranched alkanes of at least 4 members (excludes halogenated alkanes) is 1. The summed E-state index contributed by atoms with van der Waals surface area (Å²) < 4.78 is 0. The van der Waals surface area contributed by atoms with E-state index < -0.39 is 0 Å². The van der Waals surface area contributed by atoms with E-state index in [4.69, 9.17) is 0 Å². The molecule has 2 fully saturated rings. The zero-order valence-corrected chi connectivity index (χ0v) is 11.6. The van der Waals surface area contributed by atoms with Gasteiger partial charge in [-0.25, -0.2) is 0 Å². The van der Waals surface area contributed by atoms with Crippen LogP contribution in [0.2, 0.25) is 0 Å². The van der Waals surface area contributed by atoms with Crippen molar-refractivity contribution in [2.45, 2.75) is 51.1 Å². The van der Waals surface area contributed by atoms with E-state index >= 15 is 0 Å². The summed E-state index contributed by atoms with van der Waals surface area (Å²) >= 11 is 0. The van der Waals surface area contributed by atoms with Gasteiger partial charge in [0, 0.05) is 31.7 Å². The first-order valence-electron chi connectivity index (χ1n) is 7.46. The Morgan fingerprint density at radius 3 is 2.65 bits per heavy atom. The first-order chi connectivity index (χ1) is 8.31. The molecule has 0 spiro atoms. The number of piperidine rings is 1. The van der Waals surface area contributed by atoms with Crippen LogP contribution in [0.4, 0.5) is 0 Å². The lowest BCUT2D eigenvalue weighted by atomic mass is 10.00. The van der Waals surface area contributed by atoms with Crippen molar-refractivity contribution in [3.05, 3.63) is 0 Å². The minimum atomic E-state index is 0.804. The SMILES string of the molecule is CCCCC1CN(C2CCNCC2)CCN1C. The van der Waals surface area contributed by atoms with Gasteiger partial charge in [0.1, 0.15) is 0 Å². The molecule has 2 aliphatic rings. The summed E-state index contributed by atoms with van der Waals surface area (Å²) in [4.78, 5) is 5.34. The van der Waals surface area contributed by atoms with Crippen molar-refractivity contribution in [3.8, 4) is 0 Å². The number of hydrogen-bond donors (Lipinski definition) is 1. The van der Waals surface area contributed by atoms with Gasteiger partial charge in [-0.1, -0.05) is 19.8 Å². The monoisotopic (exact) mass is 239 g/mol. The van der Waals surface area contributed by atoms with E-state index in [9.17, 15) is 0 Å². The molecule has 1 atom stereocenters. The van der Waals surface area contributed by atoms with Crippen molar-refractivity contribution in [1.29, 1.82) is 0 Å². The van der Waals surface area contributed by atoms with Crippen molar-refractivity contribution >= 4 is 0 Å². The van der Waals surface area contributed by atoms with Crippen LogP contribution >= 0.6 is 0 Å². The fraction of sp³-hybridized carbons (Fsp3) is 1.00. The molecule has 2 rings (SSSR count). The van der Waals surface area contributed by atoms with Gasteiger partial charge in [0.15, 0.2) is 0 Å². The van der Waals surface area contributed by atoms with Crippen LogP contribution in [0, 0.1) is 0 Å². The zero-order valence-electron chi connectivity index (χ0n) is 11.6. The lowest BCUT2D eigenvalue weighted by Gasteiger charge is -2.44. The molecule has 0 amide bonds. The summed E-state index contributed by atoms with van der Waals surface area (Å²) in [6.07, 6.45) is 6.80. The summed E-state index contributed by atoms with van der Waals surface area (Å²) in [6, 6.07) is 1.66. The predicted octanol–water partition coefficient (Wildman–Crippen LogP) is 1.54. The molecule has 0 aliphatic carbocycles. The Morgan fingerprint density at radius 1 is 1.18 bits per heavy atom. The number of hydrogen-bond acceptors (Lipinski definition) is 3. The van der Waals surface area contributed by atoms with Gasteiger partial charge >= 0.3 is 0 Å². The number of likely N-dealkylation sites (N-methyl/N-ethyl adjacent to an activating group) is 1. The zero-order chi connectivity index (χ0) is 12.1. The van der Waals surface area contributed by atoms with Crippen LogP contribution in [-0.2, 0) is 0 Å². The second kappa shape index (κ2) is 6.72. The molecule has 1 unspecified atom stereocenters. The van der Waals surface area contributed by atoms with Crippen LogP contribution in [0.5, 0.6) is 0 Å². The molecule has 3 nitrogen and oxygen atoms in total. The maximum Gasteiger partial charge on any atom is 0.0220 e. The largest absolute Gasteiger partial charge is 0.317 e. The number of rotatable bonds is 4. The molecule has 0 aromatic heterocycles. The van der Waals surface area contributed by atoms with Gasteiger partial charge in [-0.05, 0) is 39.4 Å². The van der Waals surface area contributed by atoms with Crippen LogP contribution < -0.4 is 5.32 Å². The van der Waals surface area contributed by atoms with Crippen LogP contribution in [0.25, 0.3) is 0 Å². The Bertz CT molecular complexity index is 214. The van der Waals surface area contributed by atoms with Gasteiger partial charge in [-0.15, -0.1) is 0 Å². The highest BCUT2D eigenvalue weighted by Crippen LogP contribution is 2.19. The molecular formula is C14H29N3. The highest BCUT2D eigenvalue weighted by molar-refractivity contribution is 4.86. The van der Waals surface area contributed by atoms with E-state index in [1.54, 1.807) is 0 Å². The molecule has 0 bridgehead atoms. The fourth-order valence-electron chi connectivity index (χ4n) is 3.23. The molecule has 17 heavy (non-hydrogen) atoms. The molecule has 0 saturated carbocycles. The highest BCUT2D eigenvalue weighted by atomic mass is 15.3. The van der Waals surface area contributed by atoms with E-state index in [-0.39, 0.29) is 0 Å². The van der Waals surface area contributed by atoms with Crippen LogP contribution in [0.3, 0.4) is 0 Å². The van der Waals surface area contributed by atoms with E-state index in [0.29, 0.717) is 0 Å². The van der Waals surface area contributed by atoms with Crippen LogP contribution in [0.1, 0.15) is 39.0 Å². The molecule has 2 heterocycles. The highest BCUT2D eigenvalue weighted by Gasteiger charge is 2.28. The summed E-state index contributed by atoms with van der Waals surface area (Å²) in [5.41, 5.74) is 0. The molecule has 0 radical (unpaired) electrons. The third kappa shape index (κ3) is 3.67. The van der Waals surface area contributed by atoms with Gasteiger partial charge in [-0.2, -0.15) is 0 Å². The Morgan fingerprint density at radius 2 is 1.94 bits per heavy atom. The average molecular weight is 239 g/mol. The molecule has 0 aromatic carbocycles. The smallest absolute Gasteiger partial charge is 0.0220 e. The molecule has 2 saturated heterocycles. The lowest BCUT2D eigenvalue weighted by molar-refractivity contribution is 0.0490. The van der Waals surface area contributed by atoms with Gasteiger partial charge in [0.05, 0.1) is 0 Å².